The minimum absolute atomic E-state index is 0.0383. The highest BCUT2D eigenvalue weighted by Gasteiger charge is 2.40. The Labute approximate surface area is 103 Å². The normalized spacial score (nSPS) is 13.9. The van der Waals surface area contributed by atoms with E-state index in [4.69, 9.17) is 11.6 Å². The summed E-state index contributed by atoms with van der Waals surface area (Å²) < 4.78 is 12.9. The topological polar surface area (TPSA) is 57.6 Å². The zero-order valence-corrected chi connectivity index (χ0v) is 10.0. The van der Waals surface area contributed by atoms with Gasteiger partial charge in [0, 0.05) is 17.6 Å². The lowest BCUT2D eigenvalue weighted by Gasteiger charge is -2.33. The Morgan fingerprint density at radius 2 is 2.18 bits per heavy atom. The fourth-order valence-electron chi connectivity index (χ4n) is 1.45. The molecule has 1 N–H and O–H groups in total. The van der Waals surface area contributed by atoms with Crippen LogP contribution in [0.15, 0.2) is 18.2 Å². The molecule has 0 saturated heterocycles. The molecule has 17 heavy (non-hydrogen) atoms. The summed E-state index contributed by atoms with van der Waals surface area (Å²) >= 11 is 5.81. The van der Waals surface area contributed by atoms with Crippen LogP contribution in [-0.4, -0.2) is 29.4 Å². The molecule has 4 nitrogen and oxygen atoms in total. The molecule has 6 heteroatoms. The molecular weight excluding hydrogens is 249 g/mol. The Balaban J connectivity index is 3.42. The number of carboxylic acid groups (broad SMARTS) is 1. The lowest BCUT2D eigenvalue weighted by Crippen LogP contribution is -2.47. The van der Waals surface area contributed by atoms with Gasteiger partial charge in [0.1, 0.15) is 5.82 Å². The number of nitrogens with zero attached hydrogens (tertiary/aromatic N) is 1. The third-order valence-corrected chi connectivity index (χ3v) is 3.05. The fraction of sp³-hybridized carbons (Fsp3) is 0.273. The first-order chi connectivity index (χ1) is 7.83. The number of hydrogen-bond acceptors (Lipinski definition) is 2. The third-order valence-electron chi connectivity index (χ3n) is 2.74. The van der Waals surface area contributed by atoms with Crippen molar-refractivity contribution in [2.75, 3.05) is 7.05 Å². The zero-order valence-electron chi connectivity index (χ0n) is 9.28. The van der Waals surface area contributed by atoms with Gasteiger partial charge in [0.15, 0.2) is 5.54 Å². The zero-order chi connectivity index (χ0) is 13.2. The average Bonchev–Trinajstić information content (AvgIpc) is 2.26. The van der Waals surface area contributed by atoms with Crippen LogP contribution in [0.25, 0.3) is 0 Å². The maximum Gasteiger partial charge on any atom is 0.334 e. The Morgan fingerprint density at radius 1 is 1.59 bits per heavy atom. The Kier molecular flexibility index (Phi) is 3.72. The van der Waals surface area contributed by atoms with Crippen LogP contribution in [0.1, 0.15) is 12.5 Å². The van der Waals surface area contributed by atoms with Crippen LogP contribution in [0.3, 0.4) is 0 Å². The van der Waals surface area contributed by atoms with Crippen molar-refractivity contribution in [3.05, 3.63) is 34.6 Å². The molecule has 1 amide bonds. The number of amides is 1. The van der Waals surface area contributed by atoms with E-state index in [1.165, 1.54) is 20.0 Å². The number of carbonyl (C=O) groups is 2. The molecule has 0 aliphatic carbocycles. The highest BCUT2D eigenvalue weighted by Crippen LogP contribution is 2.32. The first-order valence-electron chi connectivity index (χ1n) is 4.71. The molecule has 0 aliphatic heterocycles. The van der Waals surface area contributed by atoms with E-state index >= 15 is 0 Å². The number of rotatable bonds is 4. The largest absolute Gasteiger partial charge is 0.479 e. The van der Waals surface area contributed by atoms with Crippen molar-refractivity contribution in [3.8, 4) is 0 Å². The number of halogens is 2. The van der Waals surface area contributed by atoms with E-state index in [9.17, 15) is 19.1 Å². The fourth-order valence-corrected chi connectivity index (χ4v) is 1.80. The number of carboxylic acids is 1. The molecule has 92 valence electrons. The van der Waals surface area contributed by atoms with Crippen LogP contribution in [0.5, 0.6) is 0 Å². The van der Waals surface area contributed by atoms with E-state index in [0.717, 1.165) is 17.0 Å². The van der Waals surface area contributed by atoms with Gasteiger partial charge in [0.2, 0.25) is 6.41 Å². The molecule has 1 aromatic rings. The predicted octanol–water partition coefficient (Wildman–Crippen LogP) is 1.87. The molecular formula is C11H11ClFNO3. The van der Waals surface area contributed by atoms with Crippen LogP contribution in [0.4, 0.5) is 4.39 Å². The molecule has 0 spiro atoms. The van der Waals surface area contributed by atoms with Gasteiger partial charge in [-0.05, 0) is 19.1 Å². The molecule has 0 radical (unpaired) electrons. The van der Waals surface area contributed by atoms with E-state index in [1.54, 1.807) is 0 Å². The van der Waals surface area contributed by atoms with Gasteiger partial charge in [-0.25, -0.2) is 9.18 Å². The van der Waals surface area contributed by atoms with Crippen LogP contribution in [0, 0.1) is 5.82 Å². The van der Waals surface area contributed by atoms with Gasteiger partial charge in [-0.2, -0.15) is 0 Å². The second-order valence-corrected chi connectivity index (χ2v) is 4.13. The summed E-state index contributed by atoms with van der Waals surface area (Å²) in [5.41, 5.74) is -1.48. The van der Waals surface area contributed by atoms with Crippen molar-refractivity contribution in [2.24, 2.45) is 0 Å². The van der Waals surface area contributed by atoms with Crippen LogP contribution in [0.2, 0.25) is 5.02 Å². The van der Waals surface area contributed by atoms with Gasteiger partial charge in [-0.1, -0.05) is 17.7 Å². The lowest BCUT2D eigenvalue weighted by atomic mass is 9.90. The minimum Gasteiger partial charge on any atom is -0.479 e. The van der Waals surface area contributed by atoms with Crippen molar-refractivity contribution in [2.45, 2.75) is 12.5 Å². The molecule has 0 fully saturated rings. The number of likely N-dealkylation sites (N-methyl/N-ethyl adjacent to an activating group) is 1. The second kappa shape index (κ2) is 4.71. The summed E-state index contributed by atoms with van der Waals surface area (Å²) in [6.07, 6.45) is 0.383. The van der Waals surface area contributed by atoms with Gasteiger partial charge in [0.05, 0.1) is 0 Å². The van der Waals surface area contributed by atoms with E-state index < -0.39 is 17.3 Å². The monoisotopic (exact) mass is 259 g/mol. The average molecular weight is 260 g/mol. The van der Waals surface area contributed by atoms with Crippen LogP contribution >= 0.6 is 11.6 Å². The molecule has 0 heterocycles. The highest BCUT2D eigenvalue weighted by molar-refractivity contribution is 6.31. The Bertz CT molecular complexity index is 466. The summed E-state index contributed by atoms with van der Waals surface area (Å²) in [4.78, 5) is 23.0. The van der Waals surface area contributed by atoms with E-state index in [0.29, 0.717) is 6.41 Å². The molecule has 0 bridgehead atoms. The molecule has 0 aromatic heterocycles. The maximum atomic E-state index is 12.9. The van der Waals surface area contributed by atoms with Crippen LogP contribution in [-0.2, 0) is 15.1 Å². The van der Waals surface area contributed by atoms with Crippen molar-refractivity contribution in [1.29, 1.82) is 0 Å². The molecule has 1 unspecified atom stereocenters. The maximum absolute atomic E-state index is 12.9. The Morgan fingerprint density at radius 3 is 2.59 bits per heavy atom. The third kappa shape index (κ3) is 2.24. The Hall–Kier alpha value is -1.62. The van der Waals surface area contributed by atoms with Crippen molar-refractivity contribution in [1.82, 2.24) is 4.90 Å². The quantitative estimate of drug-likeness (QED) is 0.840. The summed E-state index contributed by atoms with van der Waals surface area (Å²) in [6, 6.07) is 3.36. The highest BCUT2D eigenvalue weighted by atomic mass is 35.5. The first kappa shape index (κ1) is 13.4. The van der Waals surface area contributed by atoms with E-state index in [1.807, 2.05) is 0 Å². The summed E-state index contributed by atoms with van der Waals surface area (Å²) in [5.74, 6) is -1.82. The summed E-state index contributed by atoms with van der Waals surface area (Å²) in [6.45, 7) is 1.32. The van der Waals surface area contributed by atoms with Gasteiger partial charge in [-0.15, -0.1) is 0 Å². The van der Waals surface area contributed by atoms with Crippen molar-refractivity contribution >= 4 is 24.0 Å². The number of benzene rings is 1. The van der Waals surface area contributed by atoms with Gasteiger partial charge in [0.25, 0.3) is 0 Å². The smallest absolute Gasteiger partial charge is 0.334 e. The second-order valence-electron chi connectivity index (χ2n) is 3.72. The van der Waals surface area contributed by atoms with Gasteiger partial charge in [-0.3, -0.25) is 4.79 Å². The predicted molar refractivity (Wildman–Crippen MR) is 60.2 cm³/mol. The molecule has 1 atom stereocenters. The van der Waals surface area contributed by atoms with Crippen molar-refractivity contribution in [3.63, 3.8) is 0 Å². The lowest BCUT2D eigenvalue weighted by molar-refractivity contribution is -0.153. The standard InChI is InChI=1S/C11H11ClFNO3/c1-11(10(16)17,14(2)6-15)8-4-3-7(13)5-9(8)12/h3-6H,1-2H3,(H,16,17). The molecule has 1 aromatic carbocycles. The van der Waals surface area contributed by atoms with Crippen molar-refractivity contribution < 1.29 is 19.1 Å². The van der Waals surface area contributed by atoms with E-state index in [-0.39, 0.29) is 10.6 Å². The first-order valence-corrected chi connectivity index (χ1v) is 5.09. The van der Waals surface area contributed by atoms with Crippen LogP contribution < -0.4 is 0 Å². The summed E-state index contributed by atoms with van der Waals surface area (Å²) in [7, 11) is 1.32. The SMILES string of the molecule is CN(C=O)C(C)(C(=O)O)c1ccc(F)cc1Cl. The minimum atomic E-state index is -1.63. The molecule has 0 saturated carbocycles. The number of aliphatic carboxylic acids is 1. The number of hydrogen-bond donors (Lipinski definition) is 1. The van der Waals surface area contributed by atoms with Gasteiger partial charge >= 0.3 is 5.97 Å². The molecule has 0 aliphatic rings. The van der Waals surface area contributed by atoms with Gasteiger partial charge < -0.3 is 10.0 Å². The van der Waals surface area contributed by atoms with E-state index in [2.05, 4.69) is 0 Å². The summed E-state index contributed by atoms with van der Waals surface area (Å²) in [5, 5.41) is 9.19. The number of carbonyl (C=O) groups excluding carboxylic acids is 1. The molecule has 1 rings (SSSR count).